The molecule has 1 aromatic carbocycles. The van der Waals surface area contributed by atoms with E-state index in [1.165, 1.54) is 11.1 Å². The van der Waals surface area contributed by atoms with Crippen LogP contribution in [-0.2, 0) is 0 Å². The average Bonchev–Trinajstić information content (AvgIpc) is 2.40. The minimum atomic E-state index is -0.674. The zero-order valence-corrected chi connectivity index (χ0v) is 11.9. The molecule has 0 aliphatic carbocycles. The summed E-state index contributed by atoms with van der Waals surface area (Å²) >= 11 is 1.61. The van der Waals surface area contributed by atoms with Crippen LogP contribution in [0, 0.1) is 6.92 Å². The smallest absolute Gasteiger partial charge is 0.0861 e. The molecule has 0 amide bonds. The molecule has 1 aromatic rings. The first kappa shape index (κ1) is 15.5. The van der Waals surface area contributed by atoms with E-state index < -0.39 is 6.10 Å². The van der Waals surface area contributed by atoms with E-state index in [-0.39, 0.29) is 17.9 Å². The maximum atomic E-state index is 9.44. The van der Waals surface area contributed by atoms with Crippen molar-refractivity contribution in [1.29, 1.82) is 0 Å². The van der Waals surface area contributed by atoms with Gasteiger partial charge in [-0.25, -0.2) is 0 Å². The largest absolute Gasteiger partial charge is 0.394 e. The average molecular weight is 269 g/mol. The Kier molecular flexibility index (Phi) is 6.71. The van der Waals surface area contributed by atoms with Crippen molar-refractivity contribution in [3.05, 3.63) is 35.4 Å². The second-order valence-corrected chi connectivity index (χ2v) is 5.75. The third-order valence-corrected chi connectivity index (χ3v) is 4.50. The standard InChI is InChI=1S/C14H23NO2S/c1-3-13(15)14(18-9-12(17)8-16)11-6-4-10(2)5-7-11/h4-7,12-14,16-17H,3,8-9,15H2,1-2H3. The fourth-order valence-corrected chi connectivity index (χ4v) is 3.03. The minimum Gasteiger partial charge on any atom is -0.394 e. The fourth-order valence-electron chi connectivity index (χ4n) is 1.70. The zero-order chi connectivity index (χ0) is 13.5. The molecule has 0 saturated carbocycles. The van der Waals surface area contributed by atoms with E-state index >= 15 is 0 Å². The number of rotatable bonds is 7. The van der Waals surface area contributed by atoms with Crippen molar-refractivity contribution in [3.63, 3.8) is 0 Å². The number of hydrogen-bond acceptors (Lipinski definition) is 4. The van der Waals surface area contributed by atoms with Crippen molar-refractivity contribution in [1.82, 2.24) is 0 Å². The number of nitrogens with two attached hydrogens (primary N) is 1. The SMILES string of the molecule is CCC(N)C(SCC(O)CO)c1ccc(C)cc1. The number of aliphatic hydroxyl groups is 2. The van der Waals surface area contributed by atoms with Crippen molar-refractivity contribution < 1.29 is 10.2 Å². The van der Waals surface area contributed by atoms with Gasteiger partial charge in [0.15, 0.2) is 0 Å². The van der Waals surface area contributed by atoms with Gasteiger partial charge in [-0.05, 0) is 18.9 Å². The van der Waals surface area contributed by atoms with Gasteiger partial charge in [0, 0.05) is 17.0 Å². The second-order valence-electron chi connectivity index (χ2n) is 4.57. The van der Waals surface area contributed by atoms with Crippen LogP contribution in [0.15, 0.2) is 24.3 Å². The molecule has 0 aliphatic rings. The summed E-state index contributed by atoms with van der Waals surface area (Å²) in [7, 11) is 0. The highest BCUT2D eigenvalue weighted by atomic mass is 32.2. The quantitative estimate of drug-likeness (QED) is 0.707. The number of hydrogen-bond donors (Lipinski definition) is 3. The molecule has 0 radical (unpaired) electrons. The predicted molar refractivity (Wildman–Crippen MR) is 77.7 cm³/mol. The Bertz CT molecular complexity index is 342. The van der Waals surface area contributed by atoms with Gasteiger partial charge in [-0.3, -0.25) is 0 Å². The minimum absolute atomic E-state index is 0.0589. The van der Waals surface area contributed by atoms with E-state index in [2.05, 4.69) is 38.1 Å². The van der Waals surface area contributed by atoms with Gasteiger partial charge in [0.05, 0.1) is 12.7 Å². The topological polar surface area (TPSA) is 66.5 Å². The molecule has 18 heavy (non-hydrogen) atoms. The third kappa shape index (κ3) is 4.61. The first-order valence-corrected chi connectivity index (χ1v) is 7.36. The Hall–Kier alpha value is -0.550. The van der Waals surface area contributed by atoms with Gasteiger partial charge in [-0.2, -0.15) is 0 Å². The van der Waals surface area contributed by atoms with Crippen LogP contribution < -0.4 is 5.73 Å². The van der Waals surface area contributed by atoms with Crippen molar-refractivity contribution >= 4 is 11.8 Å². The lowest BCUT2D eigenvalue weighted by Crippen LogP contribution is -2.27. The Labute approximate surface area is 113 Å². The van der Waals surface area contributed by atoms with Crippen molar-refractivity contribution in [2.45, 2.75) is 37.7 Å². The van der Waals surface area contributed by atoms with Crippen LogP contribution in [0.3, 0.4) is 0 Å². The molecular formula is C14H23NO2S. The lowest BCUT2D eigenvalue weighted by atomic mass is 10.0. The van der Waals surface area contributed by atoms with Gasteiger partial charge in [-0.1, -0.05) is 36.8 Å². The Morgan fingerprint density at radius 3 is 2.39 bits per heavy atom. The first-order valence-electron chi connectivity index (χ1n) is 6.31. The molecule has 3 atom stereocenters. The van der Waals surface area contributed by atoms with E-state index in [1.807, 2.05) is 0 Å². The summed E-state index contributed by atoms with van der Waals surface area (Å²) in [5.74, 6) is 0.503. The number of aryl methyl sites for hydroxylation is 1. The lowest BCUT2D eigenvalue weighted by Gasteiger charge is -2.24. The number of aliphatic hydroxyl groups excluding tert-OH is 2. The van der Waals surface area contributed by atoms with Crippen LogP contribution in [-0.4, -0.2) is 34.7 Å². The lowest BCUT2D eigenvalue weighted by molar-refractivity contribution is 0.113. The Morgan fingerprint density at radius 1 is 1.28 bits per heavy atom. The van der Waals surface area contributed by atoms with E-state index in [9.17, 15) is 5.11 Å². The van der Waals surface area contributed by atoms with Gasteiger partial charge in [0.25, 0.3) is 0 Å². The molecule has 0 bridgehead atoms. The summed E-state index contributed by atoms with van der Waals surface area (Å²) in [6.07, 6.45) is 0.216. The summed E-state index contributed by atoms with van der Waals surface area (Å²) in [5, 5.41) is 18.5. The zero-order valence-electron chi connectivity index (χ0n) is 11.0. The Balaban J connectivity index is 2.74. The van der Waals surface area contributed by atoms with E-state index in [0.29, 0.717) is 5.75 Å². The third-order valence-electron chi connectivity index (χ3n) is 2.95. The summed E-state index contributed by atoms with van der Waals surface area (Å²) < 4.78 is 0. The molecule has 0 heterocycles. The second kappa shape index (κ2) is 7.79. The van der Waals surface area contributed by atoms with Gasteiger partial charge < -0.3 is 15.9 Å². The van der Waals surface area contributed by atoms with E-state index in [4.69, 9.17) is 10.8 Å². The highest BCUT2D eigenvalue weighted by Crippen LogP contribution is 2.33. The summed E-state index contributed by atoms with van der Waals surface area (Å²) in [5.41, 5.74) is 8.56. The molecular weight excluding hydrogens is 246 g/mol. The molecule has 0 aliphatic heterocycles. The van der Waals surface area contributed by atoms with Crippen LogP contribution in [0.2, 0.25) is 0 Å². The van der Waals surface area contributed by atoms with Gasteiger partial charge in [0.2, 0.25) is 0 Å². The van der Waals surface area contributed by atoms with Crippen LogP contribution in [0.25, 0.3) is 0 Å². The maximum absolute atomic E-state index is 9.44. The van der Waals surface area contributed by atoms with Crippen LogP contribution >= 0.6 is 11.8 Å². The molecule has 3 nitrogen and oxygen atoms in total. The molecule has 0 aromatic heterocycles. The van der Waals surface area contributed by atoms with Gasteiger partial charge in [-0.15, -0.1) is 11.8 Å². The van der Waals surface area contributed by atoms with E-state index in [1.54, 1.807) is 11.8 Å². The first-order chi connectivity index (χ1) is 8.58. The molecule has 4 heteroatoms. The summed E-state index contributed by atoms with van der Waals surface area (Å²) in [6.45, 7) is 3.92. The van der Waals surface area contributed by atoms with Crippen LogP contribution in [0.1, 0.15) is 29.7 Å². The van der Waals surface area contributed by atoms with Crippen molar-refractivity contribution in [2.24, 2.45) is 5.73 Å². The van der Waals surface area contributed by atoms with E-state index in [0.717, 1.165) is 6.42 Å². The molecule has 0 spiro atoms. The fraction of sp³-hybridized carbons (Fsp3) is 0.571. The van der Waals surface area contributed by atoms with Crippen LogP contribution in [0.4, 0.5) is 0 Å². The monoisotopic (exact) mass is 269 g/mol. The van der Waals surface area contributed by atoms with Crippen LogP contribution in [0.5, 0.6) is 0 Å². The number of benzene rings is 1. The summed E-state index contributed by atoms with van der Waals surface area (Å²) in [6, 6.07) is 8.40. The predicted octanol–water partition coefficient (Wildman–Crippen LogP) is 1.86. The molecule has 102 valence electrons. The molecule has 3 unspecified atom stereocenters. The highest BCUT2D eigenvalue weighted by molar-refractivity contribution is 7.99. The normalized spacial score (nSPS) is 16.3. The number of thioether (sulfide) groups is 1. The highest BCUT2D eigenvalue weighted by Gasteiger charge is 2.20. The summed E-state index contributed by atoms with van der Waals surface area (Å²) in [4.78, 5) is 0. The molecule has 0 saturated heterocycles. The molecule has 0 fully saturated rings. The maximum Gasteiger partial charge on any atom is 0.0861 e. The Morgan fingerprint density at radius 2 is 1.89 bits per heavy atom. The molecule has 1 rings (SSSR count). The van der Waals surface area contributed by atoms with Crippen molar-refractivity contribution in [2.75, 3.05) is 12.4 Å². The molecule has 4 N–H and O–H groups in total. The van der Waals surface area contributed by atoms with Gasteiger partial charge >= 0.3 is 0 Å². The van der Waals surface area contributed by atoms with Gasteiger partial charge in [0.1, 0.15) is 0 Å². The van der Waals surface area contributed by atoms with Crippen molar-refractivity contribution in [3.8, 4) is 0 Å².